The Kier molecular flexibility index (Phi) is 4.07. The largest absolute Gasteiger partial charge is 0.376 e. The molecule has 8 heteroatoms. The van der Waals surface area contributed by atoms with Crippen LogP contribution in [0.3, 0.4) is 0 Å². The van der Waals surface area contributed by atoms with Crippen molar-refractivity contribution < 1.29 is 0 Å². The van der Waals surface area contributed by atoms with Crippen LogP contribution in [0.1, 0.15) is 22.0 Å². The van der Waals surface area contributed by atoms with E-state index in [1.807, 2.05) is 13.8 Å². The lowest BCUT2D eigenvalue weighted by molar-refractivity contribution is 0.880. The van der Waals surface area contributed by atoms with E-state index in [2.05, 4.69) is 37.2 Å². The van der Waals surface area contributed by atoms with Crippen molar-refractivity contribution in [3.63, 3.8) is 0 Å². The first-order chi connectivity index (χ1) is 10.2. The van der Waals surface area contributed by atoms with E-state index in [1.54, 1.807) is 33.9 Å². The molecular weight excluding hydrogens is 304 g/mol. The maximum Gasteiger partial charge on any atom is 0.200 e. The second-order valence-electron chi connectivity index (χ2n) is 4.70. The second kappa shape index (κ2) is 5.98. The molecule has 1 N–H and O–H groups in total. The number of thiazole rings is 1. The molecule has 0 atom stereocenters. The number of fused-ring (bicyclic) bond motifs is 1. The zero-order valence-corrected chi connectivity index (χ0v) is 13.8. The first-order valence-corrected chi connectivity index (χ1v) is 8.79. The summed E-state index contributed by atoms with van der Waals surface area (Å²) in [6.07, 6.45) is 3.71. The zero-order chi connectivity index (χ0) is 14.8. The predicted octanol–water partition coefficient (Wildman–Crippen LogP) is 2.67. The van der Waals surface area contributed by atoms with Crippen LogP contribution in [0.2, 0.25) is 0 Å². The molecule has 0 bridgehead atoms. The number of thioether (sulfide) groups is 1. The van der Waals surface area contributed by atoms with Crippen LogP contribution in [0.4, 0.5) is 5.69 Å². The van der Waals surface area contributed by atoms with Crippen LogP contribution < -0.4 is 5.32 Å². The van der Waals surface area contributed by atoms with Crippen molar-refractivity contribution in [2.45, 2.75) is 26.1 Å². The Morgan fingerprint density at radius 2 is 2.24 bits per heavy atom. The Bertz CT molecular complexity index is 763. The molecule has 3 aromatic heterocycles. The maximum absolute atomic E-state index is 4.61. The number of nitrogens with one attached hydrogen (secondary N) is 1. The monoisotopic (exact) mass is 320 g/mol. The fourth-order valence-electron chi connectivity index (χ4n) is 2.06. The van der Waals surface area contributed by atoms with Crippen molar-refractivity contribution in [3.05, 3.63) is 33.7 Å². The van der Waals surface area contributed by atoms with Gasteiger partial charge in [-0.25, -0.2) is 4.98 Å². The summed E-state index contributed by atoms with van der Waals surface area (Å²) in [7, 11) is 0. The first-order valence-electron chi connectivity index (χ1n) is 6.52. The van der Waals surface area contributed by atoms with Crippen molar-refractivity contribution in [2.24, 2.45) is 0 Å². The fraction of sp³-hybridized carbons (Fsp3) is 0.385. The summed E-state index contributed by atoms with van der Waals surface area (Å²) in [6, 6.07) is 0. The Labute approximate surface area is 131 Å². The highest BCUT2D eigenvalue weighted by Gasteiger charge is 2.12. The highest BCUT2D eigenvalue weighted by atomic mass is 32.2. The third kappa shape index (κ3) is 2.86. The molecule has 3 aromatic rings. The Hall–Kier alpha value is -1.67. The molecule has 0 aliphatic heterocycles. The van der Waals surface area contributed by atoms with Gasteiger partial charge in [0.25, 0.3) is 0 Å². The van der Waals surface area contributed by atoms with Crippen LogP contribution in [0.15, 0.2) is 11.7 Å². The molecule has 0 aromatic carbocycles. The van der Waals surface area contributed by atoms with Gasteiger partial charge in [-0.05, 0) is 25.7 Å². The van der Waals surface area contributed by atoms with Crippen molar-refractivity contribution in [2.75, 3.05) is 11.6 Å². The number of aryl methyl sites for hydroxylation is 1. The average molecular weight is 320 g/mol. The number of aromatic nitrogens is 5. The van der Waals surface area contributed by atoms with E-state index in [4.69, 9.17) is 0 Å². The van der Waals surface area contributed by atoms with E-state index in [0.29, 0.717) is 6.54 Å². The van der Waals surface area contributed by atoms with Gasteiger partial charge in [0.2, 0.25) is 5.65 Å². The number of anilines is 1. The quantitative estimate of drug-likeness (QED) is 0.779. The summed E-state index contributed by atoms with van der Waals surface area (Å²) in [6.45, 7) is 4.70. The molecule has 0 saturated carbocycles. The Balaban J connectivity index is 1.84. The fourth-order valence-corrected chi connectivity index (χ4v) is 3.58. The standard InChI is InChI=1S/C13H16N6S2/c1-8-9(2)18-19-7-15-17-13(19)12(8)14-4-10-5-21-11(16-10)6-20-3/h5,7,14H,4,6H2,1-3H3. The summed E-state index contributed by atoms with van der Waals surface area (Å²) in [5.41, 5.74) is 4.83. The third-order valence-corrected chi connectivity index (χ3v) is 4.89. The van der Waals surface area contributed by atoms with Gasteiger partial charge in [-0.1, -0.05) is 0 Å². The number of rotatable bonds is 5. The molecular formula is C13H16N6S2. The van der Waals surface area contributed by atoms with Crippen LogP contribution in [0, 0.1) is 13.8 Å². The lowest BCUT2D eigenvalue weighted by Crippen LogP contribution is -2.07. The van der Waals surface area contributed by atoms with E-state index < -0.39 is 0 Å². The van der Waals surface area contributed by atoms with E-state index in [1.165, 1.54) is 0 Å². The van der Waals surface area contributed by atoms with Crippen LogP contribution in [-0.2, 0) is 12.3 Å². The molecule has 0 spiro atoms. The van der Waals surface area contributed by atoms with Gasteiger partial charge in [0.1, 0.15) is 11.3 Å². The molecule has 0 unspecified atom stereocenters. The van der Waals surface area contributed by atoms with Gasteiger partial charge < -0.3 is 5.32 Å². The zero-order valence-electron chi connectivity index (χ0n) is 12.1. The van der Waals surface area contributed by atoms with Crippen molar-refractivity contribution >= 4 is 34.4 Å². The smallest absolute Gasteiger partial charge is 0.200 e. The summed E-state index contributed by atoms with van der Waals surface area (Å²) in [4.78, 5) is 4.61. The topological polar surface area (TPSA) is 68.0 Å². The van der Waals surface area contributed by atoms with Gasteiger partial charge in [0, 0.05) is 11.1 Å². The number of hydrogen-bond acceptors (Lipinski definition) is 7. The highest BCUT2D eigenvalue weighted by Crippen LogP contribution is 2.22. The Morgan fingerprint density at radius 3 is 3.05 bits per heavy atom. The van der Waals surface area contributed by atoms with Crippen molar-refractivity contribution in [1.82, 2.24) is 24.8 Å². The van der Waals surface area contributed by atoms with Crippen molar-refractivity contribution in [1.29, 1.82) is 0 Å². The summed E-state index contributed by atoms with van der Waals surface area (Å²) in [5.74, 6) is 0.965. The SMILES string of the molecule is CSCc1nc(CNc2c(C)c(C)nn3cnnc23)cs1. The lowest BCUT2D eigenvalue weighted by atomic mass is 10.2. The molecule has 0 fully saturated rings. The minimum atomic E-state index is 0.678. The summed E-state index contributed by atoms with van der Waals surface area (Å²) < 4.78 is 1.70. The summed E-state index contributed by atoms with van der Waals surface area (Å²) >= 11 is 3.49. The van der Waals surface area contributed by atoms with Crippen LogP contribution in [0.25, 0.3) is 5.65 Å². The average Bonchev–Trinajstić information content (AvgIpc) is 3.09. The molecule has 0 amide bonds. The van der Waals surface area contributed by atoms with E-state index in [-0.39, 0.29) is 0 Å². The van der Waals surface area contributed by atoms with Crippen LogP contribution in [-0.4, -0.2) is 31.1 Å². The molecule has 110 valence electrons. The maximum atomic E-state index is 4.61. The molecule has 3 heterocycles. The number of hydrogen-bond donors (Lipinski definition) is 1. The lowest BCUT2D eigenvalue weighted by Gasteiger charge is -2.10. The van der Waals surface area contributed by atoms with E-state index in [0.717, 1.165) is 39.0 Å². The van der Waals surface area contributed by atoms with Gasteiger partial charge in [0.15, 0.2) is 0 Å². The van der Waals surface area contributed by atoms with Gasteiger partial charge in [-0.15, -0.1) is 21.5 Å². The summed E-state index contributed by atoms with van der Waals surface area (Å²) in [5, 5.41) is 19.2. The predicted molar refractivity (Wildman–Crippen MR) is 86.9 cm³/mol. The first kappa shape index (κ1) is 14.3. The molecule has 0 radical (unpaired) electrons. The molecule has 0 saturated heterocycles. The molecule has 0 aliphatic rings. The third-order valence-electron chi connectivity index (χ3n) is 3.24. The van der Waals surface area contributed by atoms with Crippen molar-refractivity contribution in [3.8, 4) is 0 Å². The second-order valence-corrected chi connectivity index (χ2v) is 6.51. The normalized spacial score (nSPS) is 11.2. The molecule has 3 rings (SSSR count). The minimum absolute atomic E-state index is 0.678. The molecule has 21 heavy (non-hydrogen) atoms. The highest BCUT2D eigenvalue weighted by molar-refractivity contribution is 7.97. The van der Waals surface area contributed by atoms with Gasteiger partial charge >= 0.3 is 0 Å². The van der Waals surface area contributed by atoms with Gasteiger partial charge in [-0.2, -0.15) is 21.4 Å². The van der Waals surface area contributed by atoms with E-state index >= 15 is 0 Å². The number of nitrogens with zero attached hydrogens (tertiary/aromatic N) is 5. The van der Waals surface area contributed by atoms with Crippen LogP contribution in [0.5, 0.6) is 0 Å². The Morgan fingerprint density at radius 1 is 1.38 bits per heavy atom. The van der Waals surface area contributed by atoms with Gasteiger partial charge in [0.05, 0.1) is 23.6 Å². The minimum Gasteiger partial charge on any atom is -0.376 e. The molecule has 6 nitrogen and oxygen atoms in total. The van der Waals surface area contributed by atoms with Gasteiger partial charge in [-0.3, -0.25) is 0 Å². The molecule has 0 aliphatic carbocycles. The van der Waals surface area contributed by atoms with E-state index in [9.17, 15) is 0 Å². The van der Waals surface area contributed by atoms with Crippen LogP contribution >= 0.6 is 23.1 Å².